The first-order chi connectivity index (χ1) is 9.90. The van der Waals surface area contributed by atoms with Gasteiger partial charge in [0.25, 0.3) is 0 Å². The van der Waals surface area contributed by atoms with Crippen molar-refractivity contribution in [2.75, 3.05) is 19.6 Å². The average Bonchev–Trinajstić information content (AvgIpc) is 3.20. The number of rotatable bonds is 3. The third kappa shape index (κ3) is 2.30. The fraction of sp³-hybridized carbons (Fsp3) is 0.533. The van der Waals surface area contributed by atoms with Gasteiger partial charge < -0.3 is 9.73 Å². The van der Waals surface area contributed by atoms with Crippen LogP contribution in [0.15, 0.2) is 28.2 Å². The molecule has 0 amide bonds. The molecule has 2 saturated heterocycles. The Hall–Kier alpha value is -1.17. The molecule has 0 aliphatic carbocycles. The summed E-state index contributed by atoms with van der Waals surface area (Å²) in [7, 11) is 0. The van der Waals surface area contributed by atoms with E-state index in [1.165, 1.54) is 31.6 Å². The molecule has 2 fully saturated rings. The van der Waals surface area contributed by atoms with Crippen LogP contribution < -0.4 is 5.32 Å². The van der Waals surface area contributed by atoms with Gasteiger partial charge in [-0.05, 0) is 44.0 Å². The summed E-state index contributed by atoms with van der Waals surface area (Å²) in [5, 5.41) is 6.69. The van der Waals surface area contributed by atoms with Gasteiger partial charge in [-0.25, -0.2) is 4.98 Å². The van der Waals surface area contributed by atoms with Gasteiger partial charge in [-0.15, -0.1) is 11.3 Å². The predicted molar refractivity (Wildman–Crippen MR) is 79.6 cm³/mol. The molecule has 4 heterocycles. The monoisotopic (exact) mass is 289 g/mol. The van der Waals surface area contributed by atoms with Crippen LogP contribution >= 0.6 is 11.3 Å². The Morgan fingerprint density at radius 2 is 2.45 bits per heavy atom. The smallest absolute Gasteiger partial charge is 0.162 e. The highest BCUT2D eigenvalue weighted by atomic mass is 32.1. The van der Waals surface area contributed by atoms with E-state index in [4.69, 9.17) is 9.40 Å². The van der Waals surface area contributed by atoms with Gasteiger partial charge in [-0.1, -0.05) is 0 Å². The van der Waals surface area contributed by atoms with Crippen molar-refractivity contribution in [2.45, 2.75) is 25.4 Å². The zero-order chi connectivity index (χ0) is 13.4. The molecule has 20 heavy (non-hydrogen) atoms. The van der Waals surface area contributed by atoms with Crippen LogP contribution in [0, 0.1) is 5.92 Å². The summed E-state index contributed by atoms with van der Waals surface area (Å²) < 4.78 is 5.42. The number of hydrogen-bond acceptors (Lipinski definition) is 5. The number of thiazole rings is 1. The molecule has 5 heteroatoms. The lowest BCUT2D eigenvalue weighted by molar-refractivity contribution is 0.116. The Kier molecular flexibility index (Phi) is 3.34. The summed E-state index contributed by atoms with van der Waals surface area (Å²) >= 11 is 1.67. The first-order valence-corrected chi connectivity index (χ1v) is 8.21. The minimum absolute atomic E-state index is 0.706. The van der Waals surface area contributed by atoms with Gasteiger partial charge in [-0.3, -0.25) is 4.90 Å². The van der Waals surface area contributed by atoms with Gasteiger partial charge in [0.15, 0.2) is 10.8 Å². The van der Waals surface area contributed by atoms with E-state index in [0.717, 1.165) is 29.8 Å². The first kappa shape index (κ1) is 12.6. The maximum atomic E-state index is 5.42. The standard InChI is InChI=1S/C15H19N3OS/c1-3-11-7-16-8-13(11)18(5-1)9-12-10-20-15(17-12)14-4-2-6-19-14/h2,4,6,10-11,13,16H,1,3,5,7-9H2. The molecule has 106 valence electrons. The molecule has 2 atom stereocenters. The summed E-state index contributed by atoms with van der Waals surface area (Å²) in [5.74, 6) is 1.72. The maximum absolute atomic E-state index is 5.42. The van der Waals surface area contributed by atoms with Crippen molar-refractivity contribution in [2.24, 2.45) is 5.92 Å². The first-order valence-electron chi connectivity index (χ1n) is 7.33. The highest BCUT2D eigenvalue weighted by molar-refractivity contribution is 7.13. The van der Waals surface area contributed by atoms with Crippen LogP contribution in [0.1, 0.15) is 18.5 Å². The highest BCUT2D eigenvalue weighted by Crippen LogP contribution is 2.29. The van der Waals surface area contributed by atoms with E-state index in [1.807, 2.05) is 12.1 Å². The quantitative estimate of drug-likeness (QED) is 0.943. The third-order valence-corrected chi connectivity index (χ3v) is 5.35. The average molecular weight is 289 g/mol. The van der Waals surface area contributed by atoms with Gasteiger partial charge in [0.05, 0.1) is 12.0 Å². The van der Waals surface area contributed by atoms with Gasteiger partial charge in [-0.2, -0.15) is 0 Å². The topological polar surface area (TPSA) is 41.3 Å². The number of nitrogens with zero attached hydrogens (tertiary/aromatic N) is 2. The molecule has 4 rings (SSSR count). The van der Waals surface area contributed by atoms with E-state index in [0.29, 0.717) is 6.04 Å². The molecule has 0 spiro atoms. The Bertz CT molecular complexity index is 565. The number of furan rings is 1. The van der Waals surface area contributed by atoms with Crippen LogP contribution in [0.4, 0.5) is 0 Å². The summed E-state index contributed by atoms with van der Waals surface area (Å²) in [6.07, 6.45) is 4.40. The lowest BCUT2D eigenvalue weighted by atomic mass is 9.92. The number of nitrogens with one attached hydrogen (secondary N) is 1. The Morgan fingerprint density at radius 3 is 3.35 bits per heavy atom. The van der Waals surface area contributed by atoms with E-state index in [9.17, 15) is 0 Å². The maximum Gasteiger partial charge on any atom is 0.162 e. The molecule has 4 nitrogen and oxygen atoms in total. The van der Waals surface area contributed by atoms with Crippen LogP contribution in [0.2, 0.25) is 0 Å². The van der Waals surface area contributed by atoms with Crippen molar-refractivity contribution < 1.29 is 4.42 Å². The number of hydrogen-bond donors (Lipinski definition) is 1. The summed E-state index contributed by atoms with van der Waals surface area (Å²) in [4.78, 5) is 7.33. The van der Waals surface area contributed by atoms with Crippen molar-refractivity contribution in [3.8, 4) is 10.8 Å². The van der Waals surface area contributed by atoms with E-state index < -0.39 is 0 Å². The van der Waals surface area contributed by atoms with Crippen LogP contribution in [-0.4, -0.2) is 35.6 Å². The SMILES string of the molecule is c1coc(-c2nc(CN3CCCC4CNCC43)cs2)c1. The lowest BCUT2D eigenvalue weighted by Gasteiger charge is -2.36. The second-order valence-corrected chi connectivity index (χ2v) is 6.58. The van der Waals surface area contributed by atoms with Gasteiger partial charge >= 0.3 is 0 Å². The van der Waals surface area contributed by atoms with Crippen LogP contribution in [0.5, 0.6) is 0 Å². The molecule has 0 bridgehead atoms. The zero-order valence-corrected chi connectivity index (χ0v) is 12.2. The largest absolute Gasteiger partial charge is 0.462 e. The van der Waals surface area contributed by atoms with E-state index in [2.05, 4.69) is 15.6 Å². The van der Waals surface area contributed by atoms with Crippen molar-refractivity contribution >= 4 is 11.3 Å². The van der Waals surface area contributed by atoms with Crippen LogP contribution in [0.3, 0.4) is 0 Å². The second-order valence-electron chi connectivity index (χ2n) is 5.72. The van der Waals surface area contributed by atoms with E-state index in [1.54, 1.807) is 17.6 Å². The molecule has 0 radical (unpaired) electrons. The minimum atomic E-state index is 0.706. The Balaban J connectivity index is 1.48. The minimum Gasteiger partial charge on any atom is -0.462 e. The Morgan fingerprint density at radius 1 is 1.45 bits per heavy atom. The predicted octanol–water partition coefficient (Wildman–Crippen LogP) is 2.59. The Labute approximate surface area is 122 Å². The molecule has 2 aliphatic heterocycles. The zero-order valence-electron chi connectivity index (χ0n) is 11.4. The molecule has 0 aromatic carbocycles. The molecule has 2 aliphatic rings. The molecular formula is C15H19N3OS. The van der Waals surface area contributed by atoms with E-state index >= 15 is 0 Å². The fourth-order valence-electron chi connectivity index (χ4n) is 3.46. The molecular weight excluding hydrogens is 270 g/mol. The number of fused-ring (bicyclic) bond motifs is 1. The van der Waals surface area contributed by atoms with Gasteiger partial charge in [0.1, 0.15) is 0 Å². The summed E-state index contributed by atoms with van der Waals surface area (Å²) in [6, 6.07) is 4.59. The highest BCUT2D eigenvalue weighted by Gasteiger charge is 2.34. The van der Waals surface area contributed by atoms with Crippen molar-refractivity contribution in [1.29, 1.82) is 0 Å². The molecule has 0 saturated carbocycles. The number of piperidine rings is 1. The molecule has 2 aromatic heterocycles. The number of likely N-dealkylation sites (tertiary alicyclic amines) is 1. The van der Waals surface area contributed by atoms with Gasteiger partial charge in [0.2, 0.25) is 0 Å². The van der Waals surface area contributed by atoms with Crippen LogP contribution in [-0.2, 0) is 6.54 Å². The number of aromatic nitrogens is 1. The molecule has 1 N–H and O–H groups in total. The van der Waals surface area contributed by atoms with Crippen molar-refractivity contribution in [3.05, 3.63) is 29.5 Å². The van der Waals surface area contributed by atoms with Crippen LogP contribution in [0.25, 0.3) is 10.8 Å². The van der Waals surface area contributed by atoms with Crippen molar-refractivity contribution in [1.82, 2.24) is 15.2 Å². The fourth-order valence-corrected chi connectivity index (χ4v) is 4.24. The van der Waals surface area contributed by atoms with Gasteiger partial charge in [0, 0.05) is 24.5 Å². The summed E-state index contributed by atoms with van der Waals surface area (Å²) in [6.45, 7) is 4.51. The van der Waals surface area contributed by atoms with Crippen molar-refractivity contribution in [3.63, 3.8) is 0 Å². The summed E-state index contributed by atoms with van der Waals surface area (Å²) in [5.41, 5.74) is 1.17. The normalized spacial score (nSPS) is 26.8. The molecule has 2 unspecified atom stereocenters. The molecule has 2 aromatic rings. The lowest BCUT2D eigenvalue weighted by Crippen LogP contribution is -2.44. The van der Waals surface area contributed by atoms with E-state index in [-0.39, 0.29) is 0 Å². The third-order valence-electron chi connectivity index (χ3n) is 4.44. The second kappa shape index (κ2) is 5.31.